The van der Waals surface area contributed by atoms with Crippen LogP contribution in [0, 0.1) is 0 Å². The Morgan fingerprint density at radius 3 is 2.26 bits per heavy atom. The second-order valence-corrected chi connectivity index (χ2v) is 6.77. The first-order chi connectivity index (χ1) is 13.2. The van der Waals surface area contributed by atoms with E-state index in [1.54, 1.807) is 0 Å². The number of carbonyl (C=O) groups is 2. The fraction of sp³-hybridized carbons (Fsp3) is 0.364. The molecule has 3 rings (SSSR count). The van der Waals surface area contributed by atoms with Gasteiger partial charge in [-0.05, 0) is 43.5 Å². The van der Waals surface area contributed by atoms with Crippen molar-refractivity contribution in [1.82, 2.24) is 10.2 Å². The highest BCUT2D eigenvalue weighted by atomic mass is 16.5. The third kappa shape index (κ3) is 5.84. The second kappa shape index (κ2) is 9.76. The van der Waals surface area contributed by atoms with Crippen LogP contribution in [0.4, 0.5) is 0 Å². The van der Waals surface area contributed by atoms with Crippen molar-refractivity contribution in [3.8, 4) is 5.75 Å². The van der Waals surface area contributed by atoms with Crippen LogP contribution in [0.25, 0.3) is 0 Å². The van der Waals surface area contributed by atoms with Crippen LogP contribution in [0.5, 0.6) is 5.75 Å². The van der Waals surface area contributed by atoms with Crippen molar-refractivity contribution in [2.45, 2.75) is 31.7 Å². The summed E-state index contributed by atoms with van der Waals surface area (Å²) < 4.78 is 5.60. The van der Waals surface area contributed by atoms with E-state index >= 15 is 0 Å². The van der Waals surface area contributed by atoms with E-state index < -0.39 is 0 Å². The number of piperidine rings is 1. The molecule has 1 fully saturated rings. The number of hydrogen-bond acceptors (Lipinski definition) is 3. The second-order valence-electron chi connectivity index (χ2n) is 6.77. The van der Waals surface area contributed by atoms with Gasteiger partial charge in [0.1, 0.15) is 5.75 Å². The minimum atomic E-state index is 0.0551. The highest BCUT2D eigenvalue weighted by Crippen LogP contribution is 2.14. The molecule has 5 nitrogen and oxygen atoms in total. The van der Waals surface area contributed by atoms with Crippen LogP contribution >= 0.6 is 0 Å². The first-order valence-corrected chi connectivity index (χ1v) is 9.54. The molecule has 2 aromatic carbocycles. The standard InChI is InChI=1S/C22H26N2O3/c25-21(12-7-17-27-20-10-5-2-6-11-20)23-19-13-15-24(16-14-19)22(26)18-8-3-1-4-9-18/h1-6,8-11,19H,7,12-17H2,(H,23,25). The Hall–Kier alpha value is -2.82. The van der Waals surface area contributed by atoms with Crippen LogP contribution in [0.3, 0.4) is 0 Å². The molecule has 2 amide bonds. The molecule has 0 spiro atoms. The van der Waals surface area contributed by atoms with Crippen LogP contribution < -0.4 is 10.1 Å². The highest BCUT2D eigenvalue weighted by Gasteiger charge is 2.24. The van der Waals surface area contributed by atoms with Gasteiger partial charge in [-0.2, -0.15) is 0 Å². The minimum Gasteiger partial charge on any atom is -0.494 e. The number of carbonyl (C=O) groups excluding carboxylic acids is 2. The predicted octanol–water partition coefficient (Wildman–Crippen LogP) is 3.27. The Morgan fingerprint density at radius 2 is 1.59 bits per heavy atom. The van der Waals surface area contributed by atoms with Crippen LogP contribution in [-0.2, 0) is 4.79 Å². The summed E-state index contributed by atoms with van der Waals surface area (Å²) in [5.74, 6) is 0.950. The average molecular weight is 366 g/mol. The number of rotatable bonds is 7. The topological polar surface area (TPSA) is 58.6 Å². The van der Waals surface area contributed by atoms with Gasteiger partial charge in [0.15, 0.2) is 0 Å². The third-order valence-electron chi connectivity index (χ3n) is 4.73. The van der Waals surface area contributed by atoms with Gasteiger partial charge in [-0.25, -0.2) is 0 Å². The molecule has 1 N–H and O–H groups in total. The Balaban J connectivity index is 1.33. The van der Waals surface area contributed by atoms with Gasteiger partial charge in [-0.15, -0.1) is 0 Å². The van der Waals surface area contributed by atoms with Crippen LogP contribution in [0.2, 0.25) is 0 Å². The van der Waals surface area contributed by atoms with Crippen molar-refractivity contribution in [3.05, 3.63) is 66.2 Å². The van der Waals surface area contributed by atoms with Crippen molar-refractivity contribution in [2.24, 2.45) is 0 Å². The van der Waals surface area contributed by atoms with E-state index in [1.807, 2.05) is 65.6 Å². The summed E-state index contributed by atoms with van der Waals surface area (Å²) in [6, 6.07) is 19.1. The number of hydrogen-bond donors (Lipinski definition) is 1. The van der Waals surface area contributed by atoms with Crippen molar-refractivity contribution in [1.29, 1.82) is 0 Å². The normalized spacial score (nSPS) is 14.6. The first kappa shape index (κ1) is 19.0. The lowest BCUT2D eigenvalue weighted by molar-refractivity contribution is -0.122. The molecule has 0 saturated carbocycles. The first-order valence-electron chi connectivity index (χ1n) is 9.54. The summed E-state index contributed by atoms with van der Waals surface area (Å²) in [7, 11) is 0. The zero-order valence-corrected chi connectivity index (χ0v) is 15.5. The monoisotopic (exact) mass is 366 g/mol. The Bertz CT molecular complexity index is 726. The van der Waals surface area contributed by atoms with Gasteiger partial charge < -0.3 is 15.0 Å². The molecule has 1 aliphatic heterocycles. The van der Waals surface area contributed by atoms with E-state index in [9.17, 15) is 9.59 Å². The quantitative estimate of drug-likeness (QED) is 0.765. The molecule has 0 radical (unpaired) electrons. The molecular formula is C22H26N2O3. The number of ether oxygens (including phenoxy) is 1. The van der Waals surface area contributed by atoms with Gasteiger partial charge in [0, 0.05) is 31.1 Å². The van der Waals surface area contributed by atoms with E-state index in [0.717, 1.165) is 24.2 Å². The summed E-state index contributed by atoms with van der Waals surface area (Å²) in [6.45, 7) is 1.88. The zero-order chi connectivity index (χ0) is 18.9. The molecule has 0 atom stereocenters. The van der Waals surface area contributed by atoms with Gasteiger partial charge in [-0.1, -0.05) is 36.4 Å². The number of para-hydroxylation sites is 1. The Labute approximate surface area is 160 Å². The summed E-state index contributed by atoms with van der Waals surface area (Å²) in [4.78, 5) is 26.4. The van der Waals surface area contributed by atoms with Gasteiger partial charge >= 0.3 is 0 Å². The molecule has 1 aliphatic rings. The van der Waals surface area contributed by atoms with Gasteiger partial charge in [-0.3, -0.25) is 9.59 Å². The van der Waals surface area contributed by atoms with E-state index in [1.165, 1.54) is 0 Å². The fourth-order valence-electron chi connectivity index (χ4n) is 3.23. The fourth-order valence-corrected chi connectivity index (χ4v) is 3.23. The maximum atomic E-state index is 12.4. The number of nitrogens with zero attached hydrogens (tertiary/aromatic N) is 1. The summed E-state index contributed by atoms with van der Waals surface area (Å²) >= 11 is 0. The van der Waals surface area contributed by atoms with Crippen LogP contribution in [0.15, 0.2) is 60.7 Å². The van der Waals surface area contributed by atoms with Gasteiger partial charge in [0.2, 0.25) is 5.91 Å². The maximum absolute atomic E-state index is 12.4. The minimum absolute atomic E-state index is 0.0551. The lowest BCUT2D eigenvalue weighted by Gasteiger charge is -2.32. The summed E-state index contributed by atoms with van der Waals surface area (Å²) in [5.41, 5.74) is 0.721. The molecule has 27 heavy (non-hydrogen) atoms. The Morgan fingerprint density at radius 1 is 0.963 bits per heavy atom. The van der Waals surface area contributed by atoms with Crippen molar-refractivity contribution < 1.29 is 14.3 Å². The van der Waals surface area contributed by atoms with E-state index in [0.29, 0.717) is 32.5 Å². The third-order valence-corrected chi connectivity index (χ3v) is 4.73. The van der Waals surface area contributed by atoms with E-state index in [4.69, 9.17) is 4.74 Å². The molecule has 5 heteroatoms. The van der Waals surface area contributed by atoms with Gasteiger partial charge in [0.25, 0.3) is 5.91 Å². The van der Waals surface area contributed by atoms with E-state index in [-0.39, 0.29) is 17.9 Å². The molecule has 2 aromatic rings. The predicted molar refractivity (Wildman–Crippen MR) is 105 cm³/mol. The molecule has 0 aliphatic carbocycles. The van der Waals surface area contributed by atoms with Gasteiger partial charge in [0.05, 0.1) is 6.61 Å². The molecule has 0 bridgehead atoms. The Kier molecular flexibility index (Phi) is 6.85. The molecule has 0 aromatic heterocycles. The lowest BCUT2D eigenvalue weighted by atomic mass is 10.0. The summed E-state index contributed by atoms with van der Waals surface area (Å²) in [5, 5.41) is 3.08. The van der Waals surface area contributed by atoms with Crippen molar-refractivity contribution >= 4 is 11.8 Å². The van der Waals surface area contributed by atoms with Crippen molar-refractivity contribution in [2.75, 3.05) is 19.7 Å². The maximum Gasteiger partial charge on any atom is 0.253 e. The smallest absolute Gasteiger partial charge is 0.253 e. The zero-order valence-electron chi connectivity index (χ0n) is 15.5. The number of likely N-dealkylation sites (tertiary alicyclic amines) is 1. The van der Waals surface area contributed by atoms with E-state index in [2.05, 4.69) is 5.32 Å². The lowest BCUT2D eigenvalue weighted by Crippen LogP contribution is -2.46. The molecule has 1 heterocycles. The number of amides is 2. The molecule has 1 saturated heterocycles. The largest absolute Gasteiger partial charge is 0.494 e. The number of nitrogens with one attached hydrogen (secondary N) is 1. The number of benzene rings is 2. The van der Waals surface area contributed by atoms with Crippen LogP contribution in [-0.4, -0.2) is 42.5 Å². The van der Waals surface area contributed by atoms with Crippen LogP contribution in [0.1, 0.15) is 36.0 Å². The molecule has 0 unspecified atom stereocenters. The molecular weight excluding hydrogens is 340 g/mol. The average Bonchev–Trinajstić information content (AvgIpc) is 2.73. The SMILES string of the molecule is O=C(CCCOc1ccccc1)NC1CCN(C(=O)c2ccccc2)CC1. The summed E-state index contributed by atoms with van der Waals surface area (Å²) in [6.07, 6.45) is 2.73. The molecule has 142 valence electrons. The highest BCUT2D eigenvalue weighted by molar-refractivity contribution is 5.94. The van der Waals surface area contributed by atoms with Crippen molar-refractivity contribution in [3.63, 3.8) is 0 Å².